The summed E-state index contributed by atoms with van der Waals surface area (Å²) in [6.45, 7) is 0. The van der Waals surface area contributed by atoms with Gasteiger partial charge in [-0.25, -0.2) is 0 Å². The predicted molar refractivity (Wildman–Crippen MR) is 90.7 cm³/mol. The van der Waals surface area contributed by atoms with Gasteiger partial charge >= 0.3 is 0 Å². The topological polar surface area (TPSA) is 47.6 Å². The molecule has 6 heteroatoms. The second-order valence-corrected chi connectivity index (χ2v) is 5.60. The number of carbonyl (C=O) groups excluding carboxylic acids is 1. The number of anilines is 1. The molecule has 116 valence electrons. The van der Waals surface area contributed by atoms with Crippen LogP contribution >= 0.6 is 23.4 Å². The molecule has 0 saturated carbocycles. The van der Waals surface area contributed by atoms with Crippen LogP contribution in [0.15, 0.2) is 41.3 Å². The molecule has 4 nitrogen and oxygen atoms in total. The second kappa shape index (κ2) is 7.42. The first-order valence-corrected chi connectivity index (χ1v) is 8.06. The van der Waals surface area contributed by atoms with Gasteiger partial charge in [0.15, 0.2) is 0 Å². The number of carbonyl (C=O) groups is 1. The Bertz CT molecular complexity index is 691. The van der Waals surface area contributed by atoms with Gasteiger partial charge in [-0.15, -0.1) is 11.8 Å². The van der Waals surface area contributed by atoms with Gasteiger partial charge in [-0.3, -0.25) is 4.79 Å². The molecular weight excluding hydrogens is 322 g/mol. The van der Waals surface area contributed by atoms with Crippen LogP contribution in [0.3, 0.4) is 0 Å². The van der Waals surface area contributed by atoms with Crippen molar-refractivity contribution in [3.63, 3.8) is 0 Å². The normalized spacial score (nSPS) is 10.2. The van der Waals surface area contributed by atoms with Crippen LogP contribution in [-0.4, -0.2) is 26.4 Å². The third-order valence-corrected chi connectivity index (χ3v) is 4.16. The SMILES string of the molecule is COc1cc(OC)c(NC(=O)c2ccccc2SC)cc1Cl. The van der Waals surface area contributed by atoms with Crippen molar-refractivity contribution in [2.45, 2.75) is 4.90 Å². The van der Waals surface area contributed by atoms with E-state index in [1.165, 1.54) is 26.0 Å². The van der Waals surface area contributed by atoms with E-state index < -0.39 is 0 Å². The van der Waals surface area contributed by atoms with Gasteiger partial charge in [-0.1, -0.05) is 23.7 Å². The number of hydrogen-bond donors (Lipinski definition) is 1. The molecule has 1 N–H and O–H groups in total. The number of benzene rings is 2. The van der Waals surface area contributed by atoms with Gasteiger partial charge in [0.1, 0.15) is 11.5 Å². The molecule has 0 saturated heterocycles. The monoisotopic (exact) mass is 337 g/mol. The molecule has 2 aromatic carbocycles. The smallest absolute Gasteiger partial charge is 0.256 e. The third-order valence-electron chi connectivity index (χ3n) is 3.07. The van der Waals surface area contributed by atoms with Crippen molar-refractivity contribution in [1.82, 2.24) is 0 Å². The molecule has 0 aliphatic carbocycles. The van der Waals surface area contributed by atoms with Gasteiger partial charge in [-0.2, -0.15) is 0 Å². The van der Waals surface area contributed by atoms with Crippen LogP contribution in [-0.2, 0) is 0 Å². The maximum absolute atomic E-state index is 12.5. The molecule has 0 unspecified atom stereocenters. The highest BCUT2D eigenvalue weighted by Gasteiger charge is 2.15. The first-order valence-electron chi connectivity index (χ1n) is 6.46. The Labute approximate surface area is 138 Å². The van der Waals surface area contributed by atoms with E-state index in [0.29, 0.717) is 27.8 Å². The number of methoxy groups -OCH3 is 2. The van der Waals surface area contributed by atoms with Gasteiger partial charge < -0.3 is 14.8 Å². The lowest BCUT2D eigenvalue weighted by Gasteiger charge is -2.14. The van der Waals surface area contributed by atoms with Crippen LogP contribution in [0.5, 0.6) is 11.5 Å². The van der Waals surface area contributed by atoms with E-state index in [1.54, 1.807) is 18.2 Å². The van der Waals surface area contributed by atoms with E-state index in [-0.39, 0.29) is 5.91 Å². The Morgan fingerprint density at radius 1 is 1.14 bits per heavy atom. The standard InChI is InChI=1S/C16H16ClNO3S/c1-20-13-9-14(21-2)12(8-11(13)17)18-16(19)10-6-4-5-7-15(10)22-3/h4-9H,1-3H3,(H,18,19). The van der Waals surface area contributed by atoms with Crippen LogP contribution in [0.1, 0.15) is 10.4 Å². The number of thioether (sulfide) groups is 1. The van der Waals surface area contributed by atoms with Crippen molar-refractivity contribution in [1.29, 1.82) is 0 Å². The lowest BCUT2D eigenvalue weighted by molar-refractivity contribution is 0.102. The molecule has 0 fully saturated rings. The van der Waals surface area contributed by atoms with Crippen LogP contribution in [0.4, 0.5) is 5.69 Å². The first kappa shape index (κ1) is 16.5. The van der Waals surface area contributed by atoms with Crippen LogP contribution < -0.4 is 14.8 Å². The summed E-state index contributed by atoms with van der Waals surface area (Å²) in [7, 11) is 3.04. The number of amides is 1. The maximum Gasteiger partial charge on any atom is 0.256 e. The molecule has 0 aliphatic heterocycles. The maximum atomic E-state index is 12.5. The molecule has 0 spiro atoms. The molecule has 0 heterocycles. The summed E-state index contributed by atoms with van der Waals surface area (Å²) in [6.07, 6.45) is 1.93. The van der Waals surface area contributed by atoms with Gasteiger partial charge in [0, 0.05) is 11.0 Å². The Balaban J connectivity index is 2.34. The van der Waals surface area contributed by atoms with Gasteiger partial charge in [0.2, 0.25) is 0 Å². The molecule has 0 bridgehead atoms. The Morgan fingerprint density at radius 2 is 1.82 bits per heavy atom. The highest BCUT2D eigenvalue weighted by Crippen LogP contribution is 2.36. The molecule has 1 amide bonds. The van der Waals surface area contributed by atoms with Crippen molar-refractivity contribution in [2.75, 3.05) is 25.8 Å². The quantitative estimate of drug-likeness (QED) is 0.825. The zero-order valence-electron chi connectivity index (χ0n) is 12.5. The summed E-state index contributed by atoms with van der Waals surface area (Å²) in [4.78, 5) is 13.4. The molecule has 0 aliphatic rings. The summed E-state index contributed by atoms with van der Waals surface area (Å²) in [5.74, 6) is 0.752. The fourth-order valence-corrected chi connectivity index (χ4v) is 2.82. The van der Waals surface area contributed by atoms with E-state index in [9.17, 15) is 4.79 Å². The summed E-state index contributed by atoms with van der Waals surface area (Å²) in [5.41, 5.74) is 1.10. The zero-order chi connectivity index (χ0) is 16.1. The summed E-state index contributed by atoms with van der Waals surface area (Å²) < 4.78 is 10.4. The van der Waals surface area contributed by atoms with Crippen molar-refractivity contribution in [2.24, 2.45) is 0 Å². The summed E-state index contributed by atoms with van der Waals surface area (Å²) >= 11 is 7.63. The third kappa shape index (κ3) is 3.48. The molecular formula is C16H16ClNO3S. The summed E-state index contributed by atoms with van der Waals surface area (Å²) in [6, 6.07) is 10.6. The number of ether oxygens (including phenoxy) is 2. The van der Waals surface area contributed by atoms with Crippen molar-refractivity contribution in [3.8, 4) is 11.5 Å². The van der Waals surface area contributed by atoms with Crippen LogP contribution in [0, 0.1) is 0 Å². The van der Waals surface area contributed by atoms with Gasteiger partial charge in [0.05, 0.1) is 30.5 Å². The van der Waals surface area contributed by atoms with E-state index >= 15 is 0 Å². The van der Waals surface area contributed by atoms with E-state index in [1.807, 2.05) is 24.5 Å². The van der Waals surface area contributed by atoms with Crippen molar-refractivity contribution < 1.29 is 14.3 Å². The summed E-state index contributed by atoms with van der Waals surface area (Å²) in [5, 5.41) is 3.23. The number of halogens is 1. The highest BCUT2D eigenvalue weighted by atomic mass is 35.5. The fraction of sp³-hybridized carbons (Fsp3) is 0.188. The predicted octanol–water partition coefficient (Wildman–Crippen LogP) is 4.33. The number of nitrogens with one attached hydrogen (secondary N) is 1. The lowest BCUT2D eigenvalue weighted by atomic mass is 10.2. The minimum Gasteiger partial charge on any atom is -0.495 e. The zero-order valence-corrected chi connectivity index (χ0v) is 14.0. The molecule has 0 atom stereocenters. The Kier molecular flexibility index (Phi) is 5.57. The average Bonchev–Trinajstić information content (AvgIpc) is 2.55. The highest BCUT2D eigenvalue weighted by molar-refractivity contribution is 7.98. The molecule has 22 heavy (non-hydrogen) atoms. The largest absolute Gasteiger partial charge is 0.495 e. The minimum absolute atomic E-state index is 0.218. The van der Waals surface area contributed by atoms with Gasteiger partial charge in [0.25, 0.3) is 5.91 Å². The molecule has 2 rings (SSSR count). The van der Waals surface area contributed by atoms with Crippen molar-refractivity contribution in [3.05, 3.63) is 47.0 Å². The second-order valence-electron chi connectivity index (χ2n) is 4.34. The first-order chi connectivity index (χ1) is 10.6. The lowest BCUT2D eigenvalue weighted by Crippen LogP contribution is -2.13. The fourth-order valence-electron chi connectivity index (χ4n) is 1.98. The number of rotatable bonds is 5. The van der Waals surface area contributed by atoms with Crippen LogP contribution in [0.25, 0.3) is 0 Å². The molecule has 0 aromatic heterocycles. The minimum atomic E-state index is -0.218. The van der Waals surface area contributed by atoms with Gasteiger partial charge in [-0.05, 0) is 24.5 Å². The Morgan fingerprint density at radius 3 is 2.45 bits per heavy atom. The van der Waals surface area contributed by atoms with Crippen molar-refractivity contribution >= 4 is 35.0 Å². The Hall–Kier alpha value is -1.85. The van der Waals surface area contributed by atoms with E-state index in [0.717, 1.165) is 4.90 Å². The average molecular weight is 338 g/mol. The molecule has 0 radical (unpaired) electrons. The van der Waals surface area contributed by atoms with E-state index in [4.69, 9.17) is 21.1 Å². The van der Waals surface area contributed by atoms with E-state index in [2.05, 4.69) is 5.32 Å². The van der Waals surface area contributed by atoms with Crippen LogP contribution in [0.2, 0.25) is 5.02 Å². The number of hydrogen-bond acceptors (Lipinski definition) is 4. The molecule has 2 aromatic rings.